The van der Waals surface area contributed by atoms with Crippen LogP contribution in [-0.2, 0) is 0 Å². The number of carbonyl (C=O) groups excluding carboxylic acids is 1. The SMILES string of the molecule is CNc1ccc(C(=O)Nc2ccccc2C#N)cn1. The minimum atomic E-state index is -0.294. The number of amides is 1. The van der Waals surface area contributed by atoms with E-state index in [4.69, 9.17) is 5.26 Å². The predicted octanol–water partition coefficient (Wildman–Crippen LogP) is 2.25. The first-order chi connectivity index (χ1) is 9.24. The molecule has 0 bridgehead atoms. The Morgan fingerprint density at radius 1 is 1.26 bits per heavy atom. The maximum absolute atomic E-state index is 12.0. The van der Waals surface area contributed by atoms with Crippen molar-refractivity contribution in [2.24, 2.45) is 0 Å². The van der Waals surface area contributed by atoms with Crippen LogP contribution in [0, 0.1) is 11.3 Å². The summed E-state index contributed by atoms with van der Waals surface area (Å²) in [5.74, 6) is 0.395. The number of nitriles is 1. The van der Waals surface area contributed by atoms with Crippen LogP contribution in [-0.4, -0.2) is 17.9 Å². The van der Waals surface area contributed by atoms with Gasteiger partial charge in [0, 0.05) is 13.2 Å². The number of para-hydroxylation sites is 1. The lowest BCUT2D eigenvalue weighted by Gasteiger charge is -2.07. The van der Waals surface area contributed by atoms with Crippen molar-refractivity contribution < 1.29 is 4.79 Å². The van der Waals surface area contributed by atoms with Gasteiger partial charge in [0.25, 0.3) is 5.91 Å². The molecule has 0 spiro atoms. The van der Waals surface area contributed by atoms with E-state index in [2.05, 4.69) is 15.6 Å². The second-order valence-electron chi connectivity index (χ2n) is 3.79. The molecule has 2 aromatic rings. The largest absolute Gasteiger partial charge is 0.373 e. The van der Waals surface area contributed by atoms with E-state index in [0.717, 1.165) is 0 Å². The molecule has 1 aromatic carbocycles. The molecule has 1 amide bonds. The average Bonchev–Trinajstić information content (AvgIpc) is 2.48. The van der Waals surface area contributed by atoms with Gasteiger partial charge in [-0.3, -0.25) is 4.79 Å². The molecule has 0 radical (unpaired) electrons. The van der Waals surface area contributed by atoms with Crippen LogP contribution in [0.2, 0.25) is 0 Å². The number of rotatable bonds is 3. The van der Waals surface area contributed by atoms with Crippen LogP contribution in [0.1, 0.15) is 15.9 Å². The number of pyridine rings is 1. The molecule has 0 aliphatic rings. The molecule has 0 saturated carbocycles. The molecule has 5 nitrogen and oxygen atoms in total. The molecule has 94 valence electrons. The molecular weight excluding hydrogens is 240 g/mol. The quantitative estimate of drug-likeness (QED) is 0.878. The molecule has 5 heteroatoms. The summed E-state index contributed by atoms with van der Waals surface area (Å²) in [7, 11) is 1.76. The molecule has 1 aromatic heterocycles. The molecule has 19 heavy (non-hydrogen) atoms. The third kappa shape index (κ3) is 2.87. The maximum Gasteiger partial charge on any atom is 0.257 e. The second-order valence-corrected chi connectivity index (χ2v) is 3.79. The topological polar surface area (TPSA) is 77.8 Å². The van der Waals surface area contributed by atoms with E-state index in [0.29, 0.717) is 22.6 Å². The Bertz CT molecular complexity index is 629. The van der Waals surface area contributed by atoms with Crippen molar-refractivity contribution in [2.45, 2.75) is 0 Å². The highest BCUT2D eigenvalue weighted by molar-refractivity contribution is 6.04. The molecule has 2 N–H and O–H groups in total. The maximum atomic E-state index is 12.0. The van der Waals surface area contributed by atoms with Gasteiger partial charge in [0.1, 0.15) is 11.9 Å². The van der Waals surface area contributed by atoms with E-state index in [-0.39, 0.29) is 5.91 Å². The fourth-order valence-electron chi connectivity index (χ4n) is 1.56. The van der Waals surface area contributed by atoms with Crippen molar-refractivity contribution in [1.82, 2.24) is 4.98 Å². The summed E-state index contributed by atoms with van der Waals surface area (Å²) < 4.78 is 0. The Hall–Kier alpha value is -2.87. The number of benzene rings is 1. The third-order valence-electron chi connectivity index (χ3n) is 2.58. The molecule has 0 aliphatic heterocycles. The first-order valence-corrected chi connectivity index (χ1v) is 5.69. The van der Waals surface area contributed by atoms with Gasteiger partial charge in [-0.2, -0.15) is 5.26 Å². The lowest BCUT2D eigenvalue weighted by molar-refractivity contribution is 0.102. The lowest BCUT2D eigenvalue weighted by Crippen LogP contribution is -2.13. The van der Waals surface area contributed by atoms with Crippen LogP contribution in [0.3, 0.4) is 0 Å². The molecule has 2 rings (SSSR count). The van der Waals surface area contributed by atoms with Crippen molar-refractivity contribution in [3.8, 4) is 6.07 Å². The number of nitrogens with zero attached hydrogens (tertiary/aromatic N) is 2. The molecule has 0 atom stereocenters. The van der Waals surface area contributed by atoms with Crippen molar-refractivity contribution in [1.29, 1.82) is 5.26 Å². The van der Waals surface area contributed by atoms with Crippen molar-refractivity contribution in [3.05, 3.63) is 53.7 Å². The van der Waals surface area contributed by atoms with Gasteiger partial charge in [-0.1, -0.05) is 12.1 Å². The fourth-order valence-corrected chi connectivity index (χ4v) is 1.56. The van der Waals surface area contributed by atoms with Crippen LogP contribution in [0.4, 0.5) is 11.5 Å². The van der Waals surface area contributed by atoms with Crippen LogP contribution in [0.25, 0.3) is 0 Å². The number of hydrogen-bond acceptors (Lipinski definition) is 4. The summed E-state index contributed by atoms with van der Waals surface area (Å²) in [4.78, 5) is 16.1. The Morgan fingerprint density at radius 3 is 2.68 bits per heavy atom. The highest BCUT2D eigenvalue weighted by Crippen LogP contribution is 2.15. The summed E-state index contributed by atoms with van der Waals surface area (Å²) in [6.07, 6.45) is 1.48. The van der Waals surface area contributed by atoms with Gasteiger partial charge >= 0.3 is 0 Å². The smallest absolute Gasteiger partial charge is 0.257 e. The minimum absolute atomic E-state index is 0.294. The Labute approximate surface area is 110 Å². The number of hydrogen-bond donors (Lipinski definition) is 2. The van der Waals surface area contributed by atoms with Gasteiger partial charge in [0.2, 0.25) is 0 Å². The number of nitrogens with one attached hydrogen (secondary N) is 2. The van der Waals surface area contributed by atoms with Crippen LogP contribution in [0.5, 0.6) is 0 Å². The molecule has 0 saturated heterocycles. The Balaban J connectivity index is 2.18. The highest BCUT2D eigenvalue weighted by Gasteiger charge is 2.08. The van der Waals surface area contributed by atoms with Gasteiger partial charge in [-0.05, 0) is 24.3 Å². The van der Waals surface area contributed by atoms with Crippen LogP contribution >= 0.6 is 0 Å². The van der Waals surface area contributed by atoms with E-state index in [1.165, 1.54) is 6.20 Å². The first-order valence-electron chi connectivity index (χ1n) is 5.69. The Kier molecular flexibility index (Phi) is 3.74. The summed E-state index contributed by atoms with van der Waals surface area (Å²) in [5.41, 5.74) is 1.36. The minimum Gasteiger partial charge on any atom is -0.373 e. The summed E-state index contributed by atoms with van der Waals surface area (Å²) in [6, 6.07) is 12.3. The van der Waals surface area contributed by atoms with E-state index in [1.54, 1.807) is 43.4 Å². The van der Waals surface area contributed by atoms with Crippen LogP contribution < -0.4 is 10.6 Å². The molecule has 1 heterocycles. The summed E-state index contributed by atoms with van der Waals surface area (Å²) in [5, 5.41) is 14.5. The molecular formula is C14H12N4O. The molecule has 0 fully saturated rings. The average molecular weight is 252 g/mol. The van der Waals surface area contributed by atoms with Gasteiger partial charge in [-0.15, -0.1) is 0 Å². The van der Waals surface area contributed by atoms with Crippen molar-refractivity contribution >= 4 is 17.4 Å². The molecule has 0 aliphatic carbocycles. The highest BCUT2D eigenvalue weighted by atomic mass is 16.1. The van der Waals surface area contributed by atoms with E-state index >= 15 is 0 Å². The standard InChI is InChI=1S/C14H12N4O/c1-16-13-7-6-11(9-17-13)14(19)18-12-5-3-2-4-10(12)8-15/h2-7,9H,1H3,(H,16,17)(H,18,19). The van der Waals surface area contributed by atoms with Gasteiger partial charge in [0.05, 0.1) is 16.8 Å². The third-order valence-corrected chi connectivity index (χ3v) is 2.58. The van der Waals surface area contributed by atoms with Gasteiger partial charge < -0.3 is 10.6 Å². The monoisotopic (exact) mass is 252 g/mol. The first kappa shape index (κ1) is 12.6. The van der Waals surface area contributed by atoms with E-state index < -0.39 is 0 Å². The van der Waals surface area contributed by atoms with Gasteiger partial charge in [-0.25, -0.2) is 4.98 Å². The van der Waals surface area contributed by atoms with E-state index in [1.807, 2.05) is 6.07 Å². The van der Waals surface area contributed by atoms with Crippen molar-refractivity contribution in [2.75, 3.05) is 17.7 Å². The normalized spacial score (nSPS) is 9.47. The Morgan fingerprint density at radius 2 is 2.05 bits per heavy atom. The summed E-state index contributed by atoms with van der Waals surface area (Å²) in [6.45, 7) is 0. The summed E-state index contributed by atoms with van der Waals surface area (Å²) >= 11 is 0. The fraction of sp³-hybridized carbons (Fsp3) is 0.0714. The number of aromatic nitrogens is 1. The van der Waals surface area contributed by atoms with Gasteiger partial charge in [0.15, 0.2) is 0 Å². The number of carbonyl (C=O) groups is 1. The molecule has 0 unspecified atom stereocenters. The zero-order valence-electron chi connectivity index (χ0n) is 10.3. The zero-order valence-corrected chi connectivity index (χ0v) is 10.3. The van der Waals surface area contributed by atoms with Crippen LogP contribution in [0.15, 0.2) is 42.6 Å². The van der Waals surface area contributed by atoms with E-state index in [9.17, 15) is 4.79 Å². The lowest BCUT2D eigenvalue weighted by atomic mass is 10.2. The second kappa shape index (κ2) is 5.65. The number of anilines is 2. The predicted molar refractivity (Wildman–Crippen MR) is 72.9 cm³/mol. The zero-order chi connectivity index (χ0) is 13.7. The van der Waals surface area contributed by atoms with Crippen molar-refractivity contribution in [3.63, 3.8) is 0 Å².